The average Bonchev–Trinajstić information content (AvgIpc) is 2.99. The molecule has 1 heterocycles. The van der Waals surface area contributed by atoms with Crippen LogP contribution in [0.25, 0.3) is 0 Å². The summed E-state index contributed by atoms with van der Waals surface area (Å²) in [5.74, 6) is 2.33. The number of likely N-dealkylation sites (N-methyl/N-ethyl adjacent to an activating group) is 1. The molecule has 2 fully saturated rings. The Morgan fingerprint density at radius 1 is 1.07 bits per heavy atom. The van der Waals surface area contributed by atoms with Gasteiger partial charge >= 0.3 is 0 Å². The van der Waals surface area contributed by atoms with Crippen molar-refractivity contribution in [1.29, 1.82) is 5.26 Å². The number of fused-ring (bicyclic) bond motifs is 2. The minimum atomic E-state index is 0.665. The van der Waals surface area contributed by atoms with Crippen molar-refractivity contribution in [3.8, 4) is 11.8 Å². The van der Waals surface area contributed by atoms with Crippen molar-refractivity contribution in [2.24, 2.45) is 11.8 Å². The Morgan fingerprint density at radius 2 is 1.79 bits per heavy atom. The van der Waals surface area contributed by atoms with Gasteiger partial charge in [0.1, 0.15) is 12.4 Å². The van der Waals surface area contributed by atoms with Gasteiger partial charge in [-0.2, -0.15) is 5.26 Å². The third-order valence-electron chi connectivity index (χ3n) is 6.05. The number of hydrogen-bond acceptors (Lipinski definition) is 6. The van der Waals surface area contributed by atoms with E-state index in [1.54, 1.807) is 19.2 Å². The Morgan fingerprint density at radius 3 is 2.43 bits per heavy atom. The van der Waals surface area contributed by atoms with Crippen molar-refractivity contribution in [1.82, 2.24) is 9.80 Å². The van der Waals surface area contributed by atoms with Gasteiger partial charge in [0, 0.05) is 39.3 Å². The molecular weight excluding hydrogens is 354 g/mol. The molecule has 0 radical (unpaired) electrons. The first-order valence-electron chi connectivity index (χ1n) is 10.3. The van der Waals surface area contributed by atoms with E-state index in [1.807, 2.05) is 12.1 Å². The summed E-state index contributed by atoms with van der Waals surface area (Å²) < 4.78 is 16.5. The first-order chi connectivity index (χ1) is 13.7. The molecule has 28 heavy (non-hydrogen) atoms. The molecule has 0 aromatic heterocycles. The van der Waals surface area contributed by atoms with Gasteiger partial charge in [0.25, 0.3) is 0 Å². The number of nitriles is 1. The molecule has 1 aromatic rings. The van der Waals surface area contributed by atoms with Crippen LogP contribution < -0.4 is 4.74 Å². The normalized spacial score (nSPS) is 24.4. The lowest BCUT2D eigenvalue weighted by molar-refractivity contribution is 0.0234. The van der Waals surface area contributed by atoms with Gasteiger partial charge in [-0.15, -0.1) is 0 Å². The summed E-state index contributed by atoms with van der Waals surface area (Å²) >= 11 is 0. The number of hydrogen-bond donors (Lipinski definition) is 0. The maximum absolute atomic E-state index is 8.86. The van der Waals surface area contributed by atoms with Crippen LogP contribution in [-0.2, 0) is 9.47 Å². The minimum Gasteiger partial charge on any atom is -0.492 e. The van der Waals surface area contributed by atoms with Gasteiger partial charge in [0.05, 0.1) is 31.5 Å². The second-order valence-corrected chi connectivity index (χ2v) is 7.92. The van der Waals surface area contributed by atoms with Crippen LogP contribution in [0.5, 0.6) is 5.75 Å². The maximum atomic E-state index is 8.86. The monoisotopic (exact) mass is 387 g/mol. The zero-order chi connectivity index (χ0) is 19.8. The Kier molecular flexibility index (Phi) is 8.11. The van der Waals surface area contributed by atoms with Crippen LogP contribution in [0.4, 0.5) is 0 Å². The van der Waals surface area contributed by atoms with Gasteiger partial charge in [0.2, 0.25) is 0 Å². The Hall–Kier alpha value is -1.65. The van der Waals surface area contributed by atoms with Crippen LogP contribution in [0.15, 0.2) is 24.3 Å². The fraction of sp³-hybridized carbons (Fsp3) is 0.682. The Balaban J connectivity index is 1.38. The van der Waals surface area contributed by atoms with E-state index in [2.05, 4.69) is 22.9 Å². The standard InChI is InChI=1S/C22H33N3O3/c1-24(9-11-27-14-13-26-2)22-19-5-6-20(22)17-25(16-19)10-12-28-21-7-3-18(15-23)4-8-21/h3-4,7-8,19-20,22H,5-6,9-14,16-17H2,1-2H3. The molecule has 0 N–H and O–H groups in total. The predicted octanol–water partition coefficient (Wildman–Crippen LogP) is 2.24. The topological polar surface area (TPSA) is 58.0 Å². The highest BCUT2D eigenvalue weighted by atomic mass is 16.5. The zero-order valence-electron chi connectivity index (χ0n) is 17.2. The van der Waals surface area contributed by atoms with Crippen LogP contribution in [0, 0.1) is 23.2 Å². The number of likely N-dealkylation sites (tertiary alicyclic amines) is 1. The number of rotatable bonds is 11. The van der Waals surface area contributed by atoms with Crippen molar-refractivity contribution in [2.75, 3.05) is 66.8 Å². The van der Waals surface area contributed by atoms with E-state index in [4.69, 9.17) is 19.5 Å². The third-order valence-corrected chi connectivity index (χ3v) is 6.05. The first kappa shape index (κ1) is 21.1. The average molecular weight is 388 g/mol. The van der Waals surface area contributed by atoms with Crippen LogP contribution >= 0.6 is 0 Å². The molecule has 1 saturated heterocycles. The highest BCUT2D eigenvalue weighted by Crippen LogP contribution is 2.39. The van der Waals surface area contributed by atoms with E-state index in [0.29, 0.717) is 31.4 Å². The molecule has 1 aromatic carbocycles. The summed E-state index contributed by atoms with van der Waals surface area (Å²) in [4.78, 5) is 5.07. The number of methoxy groups -OCH3 is 1. The summed E-state index contributed by atoms with van der Waals surface area (Å²) in [5, 5.41) is 8.86. The van der Waals surface area contributed by atoms with Crippen molar-refractivity contribution >= 4 is 0 Å². The van der Waals surface area contributed by atoms with E-state index in [-0.39, 0.29) is 0 Å². The number of nitrogens with zero attached hydrogens (tertiary/aromatic N) is 3. The van der Waals surface area contributed by atoms with Crippen molar-refractivity contribution in [3.63, 3.8) is 0 Å². The van der Waals surface area contributed by atoms with Crippen LogP contribution in [0.3, 0.4) is 0 Å². The second kappa shape index (κ2) is 10.8. The third kappa shape index (κ3) is 5.68. The molecule has 2 aliphatic rings. The molecule has 6 nitrogen and oxygen atoms in total. The molecule has 1 aliphatic carbocycles. The SMILES string of the molecule is COCCOCCN(C)C1C2CCC1CN(CCOc1ccc(C#N)cc1)C2. The number of benzene rings is 1. The lowest BCUT2D eigenvalue weighted by Crippen LogP contribution is -2.52. The Labute approximate surface area is 169 Å². The molecule has 2 unspecified atom stereocenters. The van der Waals surface area contributed by atoms with E-state index in [1.165, 1.54) is 12.8 Å². The fourth-order valence-electron chi connectivity index (χ4n) is 4.71. The highest BCUT2D eigenvalue weighted by molar-refractivity contribution is 5.34. The summed E-state index contributed by atoms with van der Waals surface area (Å²) in [6.45, 7) is 7.08. The summed E-state index contributed by atoms with van der Waals surface area (Å²) in [6.07, 6.45) is 2.66. The smallest absolute Gasteiger partial charge is 0.119 e. The quantitative estimate of drug-likeness (QED) is 0.543. The molecule has 3 rings (SSSR count). The lowest BCUT2D eigenvalue weighted by Gasteiger charge is -2.42. The van der Waals surface area contributed by atoms with E-state index in [9.17, 15) is 0 Å². The molecule has 1 aliphatic heterocycles. The predicted molar refractivity (Wildman–Crippen MR) is 108 cm³/mol. The fourth-order valence-corrected chi connectivity index (χ4v) is 4.71. The van der Waals surface area contributed by atoms with Crippen LogP contribution in [0.1, 0.15) is 18.4 Å². The summed E-state index contributed by atoms with van der Waals surface area (Å²) in [5.41, 5.74) is 0.666. The largest absolute Gasteiger partial charge is 0.492 e. The zero-order valence-corrected chi connectivity index (χ0v) is 17.2. The summed E-state index contributed by atoms with van der Waals surface area (Å²) in [7, 11) is 3.95. The molecule has 0 amide bonds. The molecule has 2 bridgehead atoms. The summed E-state index contributed by atoms with van der Waals surface area (Å²) in [6, 6.07) is 10.2. The highest BCUT2D eigenvalue weighted by Gasteiger charge is 2.43. The van der Waals surface area contributed by atoms with E-state index >= 15 is 0 Å². The van der Waals surface area contributed by atoms with Crippen molar-refractivity contribution in [2.45, 2.75) is 18.9 Å². The van der Waals surface area contributed by atoms with E-state index in [0.717, 1.165) is 50.4 Å². The number of ether oxygens (including phenoxy) is 3. The van der Waals surface area contributed by atoms with Crippen molar-refractivity contribution < 1.29 is 14.2 Å². The lowest BCUT2D eigenvalue weighted by atomic mass is 9.91. The molecule has 154 valence electrons. The van der Waals surface area contributed by atoms with Crippen LogP contribution in [0.2, 0.25) is 0 Å². The maximum Gasteiger partial charge on any atom is 0.119 e. The van der Waals surface area contributed by atoms with Gasteiger partial charge < -0.3 is 19.1 Å². The van der Waals surface area contributed by atoms with Gasteiger partial charge in [-0.1, -0.05) is 0 Å². The molecule has 2 atom stereocenters. The Bertz CT molecular complexity index is 617. The minimum absolute atomic E-state index is 0.665. The first-order valence-corrected chi connectivity index (χ1v) is 10.3. The van der Waals surface area contributed by atoms with E-state index < -0.39 is 0 Å². The van der Waals surface area contributed by atoms with Crippen molar-refractivity contribution in [3.05, 3.63) is 29.8 Å². The molecule has 6 heteroatoms. The molecular formula is C22H33N3O3. The number of piperidine rings is 1. The van der Waals surface area contributed by atoms with Gasteiger partial charge in [-0.25, -0.2) is 0 Å². The van der Waals surface area contributed by atoms with Gasteiger partial charge in [0.15, 0.2) is 0 Å². The van der Waals surface area contributed by atoms with Gasteiger partial charge in [-0.3, -0.25) is 4.90 Å². The molecule has 1 saturated carbocycles. The van der Waals surface area contributed by atoms with Crippen LogP contribution in [-0.4, -0.2) is 82.6 Å². The second-order valence-electron chi connectivity index (χ2n) is 7.92. The van der Waals surface area contributed by atoms with Gasteiger partial charge in [-0.05, 0) is 56.0 Å². The molecule has 0 spiro atoms.